The Hall–Kier alpha value is -2.81. The van der Waals surface area contributed by atoms with Gasteiger partial charge in [0.05, 0.1) is 23.8 Å². The third kappa shape index (κ3) is 4.61. The zero-order chi connectivity index (χ0) is 20.2. The Balaban J connectivity index is 1.73. The predicted octanol–water partition coefficient (Wildman–Crippen LogP) is 3.33. The monoisotopic (exact) mass is 430 g/mol. The summed E-state index contributed by atoms with van der Waals surface area (Å²) in [7, 11) is 0. The number of hydrogen-bond donors (Lipinski definition) is 1. The van der Waals surface area contributed by atoms with Gasteiger partial charge in [-0.3, -0.25) is 15.1 Å². The molecule has 1 fully saturated rings. The first-order valence-electron chi connectivity index (χ1n) is 8.86. The molecule has 3 heterocycles. The van der Waals surface area contributed by atoms with Crippen LogP contribution in [0.3, 0.4) is 0 Å². The van der Waals surface area contributed by atoms with E-state index in [9.17, 15) is 4.79 Å². The molecule has 8 nitrogen and oxygen atoms in total. The van der Waals surface area contributed by atoms with Gasteiger partial charge in [-0.2, -0.15) is 15.0 Å². The maximum Gasteiger partial charge on any atom is 0.259 e. The SMILES string of the molecule is O=C(Nc1nc(-c2cc(Cl)ccc2Cl)nc(N2CCOCC2)n1)c1cccnc1. The number of morpholine rings is 1. The van der Waals surface area contributed by atoms with Crippen LogP contribution in [0.1, 0.15) is 10.4 Å². The van der Waals surface area contributed by atoms with E-state index in [4.69, 9.17) is 27.9 Å². The molecule has 0 bridgehead atoms. The molecule has 0 unspecified atom stereocenters. The van der Waals surface area contributed by atoms with Gasteiger partial charge in [-0.15, -0.1) is 0 Å². The van der Waals surface area contributed by atoms with E-state index >= 15 is 0 Å². The molecule has 148 valence electrons. The number of amides is 1. The van der Waals surface area contributed by atoms with Crippen molar-refractivity contribution in [3.63, 3.8) is 0 Å². The minimum atomic E-state index is -0.375. The summed E-state index contributed by atoms with van der Waals surface area (Å²) in [6.07, 6.45) is 3.06. The Morgan fingerprint density at radius 3 is 2.69 bits per heavy atom. The van der Waals surface area contributed by atoms with Crippen molar-refractivity contribution in [2.75, 3.05) is 36.5 Å². The maximum absolute atomic E-state index is 12.5. The van der Waals surface area contributed by atoms with Crippen LogP contribution < -0.4 is 10.2 Å². The highest BCUT2D eigenvalue weighted by atomic mass is 35.5. The van der Waals surface area contributed by atoms with Crippen molar-refractivity contribution in [3.8, 4) is 11.4 Å². The van der Waals surface area contributed by atoms with E-state index in [1.54, 1.807) is 36.5 Å². The van der Waals surface area contributed by atoms with Crippen LogP contribution in [0.4, 0.5) is 11.9 Å². The van der Waals surface area contributed by atoms with Crippen molar-refractivity contribution >= 4 is 41.0 Å². The Kier molecular flexibility index (Phi) is 5.84. The summed E-state index contributed by atoms with van der Waals surface area (Å²) >= 11 is 12.5. The summed E-state index contributed by atoms with van der Waals surface area (Å²) < 4.78 is 5.40. The van der Waals surface area contributed by atoms with Crippen molar-refractivity contribution in [3.05, 3.63) is 58.3 Å². The van der Waals surface area contributed by atoms with Gasteiger partial charge in [-0.1, -0.05) is 23.2 Å². The van der Waals surface area contributed by atoms with E-state index in [1.807, 2.05) is 4.90 Å². The summed E-state index contributed by atoms with van der Waals surface area (Å²) in [5, 5.41) is 3.65. The van der Waals surface area contributed by atoms with Gasteiger partial charge >= 0.3 is 0 Å². The van der Waals surface area contributed by atoms with Crippen LogP contribution in [0, 0.1) is 0 Å². The summed E-state index contributed by atoms with van der Waals surface area (Å²) in [5.41, 5.74) is 0.941. The van der Waals surface area contributed by atoms with Crippen molar-refractivity contribution in [1.82, 2.24) is 19.9 Å². The summed E-state index contributed by atoms with van der Waals surface area (Å²) in [6.45, 7) is 2.39. The summed E-state index contributed by atoms with van der Waals surface area (Å²) in [4.78, 5) is 31.8. The van der Waals surface area contributed by atoms with Gasteiger partial charge in [0.2, 0.25) is 11.9 Å². The number of hydrogen-bond acceptors (Lipinski definition) is 7. The number of benzene rings is 1. The van der Waals surface area contributed by atoms with Crippen molar-refractivity contribution in [2.24, 2.45) is 0 Å². The lowest BCUT2D eigenvalue weighted by molar-refractivity contribution is 0.102. The molecule has 0 radical (unpaired) electrons. The van der Waals surface area contributed by atoms with Gasteiger partial charge in [0.15, 0.2) is 5.82 Å². The highest BCUT2D eigenvalue weighted by molar-refractivity contribution is 6.35. The number of anilines is 2. The van der Waals surface area contributed by atoms with Gasteiger partial charge in [0, 0.05) is 36.1 Å². The van der Waals surface area contributed by atoms with E-state index in [-0.39, 0.29) is 11.9 Å². The van der Waals surface area contributed by atoms with Crippen LogP contribution in [0.5, 0.6) is 0 Å². The van der Waals surface area contributed by atoms with Gasteiger partial charge < -0.3 is 9.64 Å². The van der Waals surface area contributed by atoms with Crippen molar-refractivity contribution in [2.45, 2.75) is 0 Å². The normalized spacial score (nSPS) is 13.9. The minimum absolute atomic E-state index is 0.112. The number of nitrogens with zero attached hydrogens (tertiary/aromatic N) is 5. The molecule has 1 saturated heterocycles. The number of halogens is 2. The van der Waals surface area contributed by atoms with Crippen molar-refractivity contribution < 1.29 is 9.53 Å². The molecule has 1 N–H and O–H groups in total. The Morgan fingerprint density at radius 1 is 1.10 bits per heavy atom. The molecule has 10 heteroatoms. The number of ether oxygens (including phenoxy) is 1. The zero-order valence-corrected chi connectivity index (χ0v) is 16.7. The van der Waals surface area contributed by atoms with E-state index in [2.05, 4.69) is 25.3 Å². The van der Waals surface area contributed by atoms with E-state index in [0.29, 0.717) is 59.2 Å². The number of nitrogens with one attached hydrogen (secondary N) is 1. The van der Waals surface area contributed by atoms with Crippen LogP contribution in [0.25, 0.3) is 11.4 Å². The Labute approximate surface area is 176 Å². The molecule has 1 aliphatic rings. The third-order valence-corrected chi connectivity index (χ3v) is 4.80. The molecule has 1 amide bonds. The van der Waals surface area contributed by atoms with E-state index < -0.39 is 0 Å². The third-order valence-electron chi connectivity index (χ3n) is 4.24. The maximum atomic E-state index is 12.5. The number of rotatable bonds is 4. The largest absolute Gasteiger partial charge is 0.378 e. The second-order valence-corrected chi connectivity index (χ2v) is 7.05. The van der Waals surface area contributed by atoms with Crippen molar-refractivity contribution in [1.29, 1.82) is 0 Å². The lowest BCUT2D eigenvalue weighted by Gasteiger charge is -2.27. The molecular weight excluding hydrogens is 415 g/mol. The fraction of sp³-hybridized carbons (Fsp3) is 0.211. The van der Waals surface area contributed by atoms with Crippen LogP contribution in [0.2, 0.25) is 10.0 Å². The predicted molar refractivity (Wildman–Crippen MR) is 111 cm³/mol. The highest BCUT2D eigenvalue weighted by Gasteiger charge is 2.19. The molecule has 1 aromatic carbocycles. The average molecular weight is 431 g/mol. The number of pyridine rings is 1. The molecule has 4 rings (SSSR count). The first kappa shape index (κ1) is 19.5. The van der Waals surface area contributed by atoms with Crippen LogP contribution in [-0.4, -0.2) is 52.1 Å². The zero-order valence-electron chi connectivity index (χ0n) is 15.2. The molecular formula is C19H16Cl2N6O2. The number of carbonyl (C=O) groups is 1. The number of aromatic nitrogens is 4. The van der Waals surface area contributed by atoms with Gasteiger partial charge in [-0.05, 0) is 30.3 Å². The highest BCUT2D eigenvalue weighted by Crippen LogP contribution is 2.30. The van der Waals surface area contributed by atoms with Gasteiger partial charge in [0.25, 0.3) is 5.91 Å². The lowest BCUT2D eigenvalue weighted by Crippen LogP contribution is -2.37. The van der Waals surface area contributed by atoms with Crippen LogP contribution >= 0.6 is 23.2 Å². The Bertz CT molecular complexity index is 1030. The van der Waals surface area contributed by atoms with Crippen LogP contribution in [0.15, 0.2) is 42.7 Å². The van der Waals surface area contributed by atoms with E-state index in [0.717, 1.165) is 0 Å². The first-order valence-corrected chi connectivity index (χ1v) is 9.61. The Morgan fingerprint density at radius 2 is 1.93 bits per heavy atom. The lowest BCUT2D eigenvalue weighted by atomic mass is 10.2. The molecule has 3 aromatic rings. The molecule has 0 aliphatic carbocycles. The first-order chi connectivity index (χ1) is 14.1. The standard InChI is InChI=1S/C19H16Cl2N6O2/c20-13-3-4-15(21)14(10-13)16-23-18(25-17(28)12-2-1-5-22-11-12)26-19(24-16)27-6-8-29-9-7-27/h1-5,10-11H,6-9H2,(H,23,24,25,26,28). The smallest absolute Gasteiger partial charge is 0.259 e. The quantitative estimate of drug-likeness (QED) is 0.678. The number of carbonyl (C=O) groups excluding carboxylic acids is 1. The van der Waals surface area contributed by atoms with E-state index in [1.165, 1.54) is 6.20 Å². The molecule has 0 atom stereocenters. The molecule has 0 saturated carbocycles. The average Bonchev–Trinajstić information content (AvgIpc) is 2.76. The summed E-state index contributed by atoms with van der Waals surface area (Å²) in [5.74, 6) is 0.480. The summed E-state index contributed by atoms with van der Waals surface area (Å²) in [6, 6.07) is 8.36. The molecule has 29 heavy (non-hydrogen) atoms. The second-order valence-electron chi connectivity index (χ2n) is 6.20. The topological polar surface area (TPSA) is 93.1 Å². The molecule has 2 aromatic heterocycles. The fourth-order valence-electron chi connectivity index (χ4n) is 2.79. The molecule has 1 aliphatic heterocycles. The second kappa shape index (κ2) is 8.69. The van der Waals surface area contributed by atoms with Gasteiger partial charge in [0.1, 0.15) is 0 Å². The minimum Gasteiger partial charge on any atom is -0.378 e. The fourth-order valence-corrected chi connectivity index (χ4v) is 3.16. The van der Waals surface area contributed by atoms with Crippen LogP contribution in [-0.2, 0) is 4.74 Å². The molecule has 0 spiro atoms. The van der Waals surface area contributed by atoms with Gasteiger partial charge in [-0.25, -0.2) is 0 Å².